The molecule has 2 N–H and O–H groups in total. The minimum atomic E-state index is -0.218. The van der Waals surface area contributed by atoms with E-state index in [4.69, 9.17) is 0 Å². The van der Waals surface area contributed by atoms with E-state index >= 15 is 0 Å². The Morgan fingerprint density at radius 2 is 2.24 bits per heavy atom. The van der Waals surface area contributed by atoms with Crippen LogP contribution in [0.25, 0.3) is 0 Å². The number of carbonyl (C=O) groups excluding carboxylic acids is 2. The summed E-state index contributed by atoms with van der Waals surface area (Å²) in [5, 5.41) is 10.00. The fourth-order valence-corrected chi connectivity index (χ4v) is 2.82. The summed E-state index contributed by atoms with van der Waals surface area (Å²) in [6.07, 6.45) is 3.48. The van der Waals surface area contributed by atoms with Gasteiger partial charge in [0.2, 0.25) is 0 Å². The molecule has 0 radical (unpaired) electrons. The lowest BCUT2D eigenvalue weighted by Gasteiger charge is -2.27. The van der Waals surface area contributed by atoms with Crippen molar-refractivity contribution < 1.29 is 9.59 Å². The second-order valence-corrected chi connectivity index (χ2v) is 6.16. The zero-order chi connectivity index (χ0) is 17.8. The summed E-state index contributed by atoms with van der Waals surface area (Å²) >= 11 is 0. The normalized spacial score (nSPS) is 15.6. The highest BCUT2D eigenvalue weighted by molar-refractivity contribution is 6.05. The van der Waals surface area contributed by atoms with Crippen LogP contribution in [0.2, 0.25) is 0 Å². The topological polar surface area (TPSA) is 79.3 Å². The molecule has 0 bridgehead atoms. The number of aromatic nitrogens is 2. The molecule has 0 saturated carbocycles. The first-order valence-corrected chi connectivity index (χ1v) is 8.60. The number of rotatable bonds is 5. The molecule has 25 heavy (non-hydrogen) atoms. The average molecular weight is 341 g/mol. The maximum absolute atomic E-state index is 12.6. The van der Waals surface area contributed by atoms with E-state index < -0.39 is 0 Å². The first-order chi connectivity index (χ1) is 12.1. The van der Waals surface area contributed by atoms with Gasteiger partial charge in [-0.25, -0.2) is 9.48 Å². The van der Waals surface area contributed by atoms with Gasteiger partial charge < -0.3 is 10.6 Å². The maximum atomic E-state index is 12.6. The predicted octanol–water partition coefficient (Wildman–Crippen LogP) is 3.03. The Balaban J connectivity index is 1.78. The van der Waals surface area contributed by atoms with E-state index in [2.05, 4.69) is 29.6 Å². The van der Waals surface area contributed by atoms with Crippen molar-refractivity contribution >= 4 is 23.4 Å². The lowest BCUT2D eigenvalue weighted by Crippen LogP contribution is -2.46. The zero-order valence-electron chi connectivity index (χ0n) is 14.5. The van der Waals surface area contributed by atoms with Crippen molar-refractivity contribution in [1.29, 1.82) is 0 Å². The molecule has 7 heteroatoms. The number of hydrogen-bond acceptors (Lipinski definition) is 3. The minimum Gasteiger partial charge on any atom is -0.338 e. The van der Waals surface area contributed by atoms with Gasteiger partial charge >= 0.3 is 6.03 Å². The van der Waals surface area contributed by atoms with Crippen molar-refractivity contribution in [3.63, 3.8) is 0 Å². The smallest absolute Gasteiger partial charge is 0.321 e. The van der Waals surface area contributed by atoms with Gasteiger partial charge in [-0.2, -0.15) is 5.10 Å². The quantitative estimate of drug-likeness (QED) is 0.877. The molecule has 2 aromatic rings. The number of nitrogens with one attached hydrogen (secondary N) is 2. The molecule has 1 atom stereocenters. The summed E-state index contributed by atoms with van der Waals surface area (Å²) < 4.78 is 1.81. The van der Waals surface area contributed by atoms with Crippen LogP contribution in [0, 0.1) is 0 Å². The Hall–Kier alpha value is -2.83. The van der Waals surface area contributed by atoms with Gasteiger partial charge in [0.15, 0.2) is 0 Å². The molecular weight excluding hydrogens is 318 g/mol. The largest absolute Gasteiger partial charge is 0.338 e. The highest BCUT2D eigenvalue weighted by Gasteiger charge is 2.20. The Labute approximate surface area is 147 Å². The SMILES string of the molecule is CCC(C)n1nccc1NC(=O)c1cccc(N2CCCNC2=O)c1. The second kappa shape index (κ2) is 7.38. The predicted molar refractivity (Wildman–Crippen MR) is 97.0 cm³/mol. The molecule has 1 saturated heterocycles. The highest BCUT2D eigenvalue weighted by Crippen LogP contribution is 2.21. The average Bonchev–Trinajstić information content (AvgIpc) is 3.09. The van der Waals surface area contributed by atoms with Crippen molar-refractivity contribution in [2.24, 2.45) is 0 Å². The third-order valence-corrected chi connectivity index (χ3v) is 4.42. The molecule has 1 unspecified atom stereocenters. The molecule has 132 valence electrons. The Morgan fingerprint density at radius 3 is 3.00 bits per heavy atom. The van der Waals surface area contributed by atoms with E-state index in [9.17, 15) is 9.59 Å². The first kappa shape index (κ1) is 17.0. The fourth-order valence-electron chi connectivity index (χ4n) is 2.82. The Kier molecular flexibility index (Phi) is 5.02. The summed E-state index contributed by atoms with van der Waals surface area (Å²) in [4.78, 5) is 26.3. The van der Waals surface area contributed by atoms with Gasteiger partial charge in [0.1, 0.15) is 5.82 Å². The zero-order valence-corrected chi connectivity index (χ0v) is 14.5. The van der Waals surface area contributed by atoms with Crippen LogP contribution < -0.4 is 15.5 Å². The molecule has 1 aromatic carbocycles. The van der Waals surface area contributed by atoms with Gasteiger partial charge in [-0.1, -0.05) is 13.0 Å². The van der Waals surface area contributed by atoms with Gasteiger partial charge in [0.05, 0.1) is 12.2 Å². The molecule has 3 amide bonds. The summed E-state index contributed by atoms with van der Waals surface area (Å²) in [6, 6.07) is 8.97. The summed E-state index contributed by atoms with van der Waals surface area (Å²) in [5.74, 6) is 0.449. The number of anilines is 2. The third-order valence-electron chi connectivity index (χ3n) is 4.42. The van der Waals surface area contributed by atoms with Crippen molar-refractivity contribution in [2.75, 3.05) is 23.3 Å². The monoisotopic (exact) mass is 341 g/mol. The van der Waals surface area contributed by atoms with E-state index in [1.165, 1.54) is 0 Å². The van der Waals surface area contributed by atoms with Crippen LogP contribution in [0.4, 0.5) is 16.3 Å². The van der Waals surface area contributed by atoms with E-state index in [0.717, 1.165) is 18.5 Å². The van der Waals surface area contributed by atoms with Crippen LogP contribution in [-0.2, 0) is 0 Å². The molecule has 0 aliphatic carbocycles. The highest BCUT2D eigenvalue weighted by atomic mass is 16.2. The lowest BCUT2D eigenvalue weighted by molar-refractivity contribution is 0.102. The first-order valence-electron chi connectivity index (χ1n) is 8.60. The van der Waals surface area contributed by atoms with E-state index in [1.807, 2.05) is 6.07 Å². The molecule has 1 fully saturated rings. The fraction of sp³-hybridized carbons (Fsp3) is 0.389. The van der Waals surface area contributed by atoms with E-state index in [1.54, 1.807) is 40.0 Å². The maximum Gasteiger partial charge on any atom is 0.321 e. The Morgan fingerprint density at radius 1 is 1.40 bits per heavy atom. The van der Waals surface area contributed by atoms with Gasteiger partial charge in [-0.3, -0.25) is 9.69 Å². The van der Waals surface area contributed by atoms with Crippen molar-refractivity contribution in [1.82, 2.24) is 15.1 Å². The summed E-state index contributed by atoms with van der Waals surface area (Å²) in [5.41, 5.74) is 1.23. The van der Waals surface area contributed by atoms with Crippen molar-refractivity contribution in [2.45, 2.75) is 32.7 Å². The van der Waals surface area contributed by atoms with Crippen LogP contribution in [0.15, 0.2) is 36.5 Å². The van der Waals surface area contributed by atoms with Crippen LogP contribution >= 0.6 is 0 Å². The number of amides is 3. The van der Waals surface area contributed by atoms with Gasteiger partial charge in [-0.05, 0) is 38.0 Å². The number of nitrogens with zero attached hydrogens (tertiary/aromatic N) is 3. The van der Waals surface area contributed by atoms with Crippen LogP contribution in [0.1, 0.15) is 43.1 Å². The van der Waals surface area contributed by atoms with Gasteiger partial charge in [0, 0.05) is 30.4 Å². The van der Waals surface area contributed by atoms with E-state index in [-0.39, 0.29) is 18.0 Å². The van der Waals surface area contributed by atoms with Crippen LogP contribution in [0.5, 0.6) is 0 Å². The number of urea groups is 1. The lowest BCUT2D eigenvalue weighted by atomic mass is 10.1. The van der Waals surface area contributed by atoms with Crippen LogP contribution in [-0.4, -0.2) is 34.8 Å². The Bertz CT molecular complexity index is 770. The molecule has 7 nitrogen and oxygen atoms in total. The van der Waals surface area contributed by atoms with Gasteiger partial charge in [0.25, 0.3) is 5.91 Å². The molecule has 3 rings (SSSR count). The molecule has 1 aromatic heterocycles. The van der Waals surface area contributed by atoms with Crippen molar-refractivity contribution in [3.8, 4) is 0 Å². The molecule has 0 spiro atoms. The standard InChI is InChI=1S/C18H23N5O2/c1-3-13(2)23-16(8-10-20-23)21-17(24)14-6-4-7-15(12-14)22-11-5-9-19-18(22)25/h4,6-8,10,12-13H,3,5,9,11H2,1-2H3,(H,19,25)(H,21,24). The number of benzene rings is 1. The number of carbonyl (C=O) groups is 2. The summed E-state index contributed by atoms with van der Waals surface area (Å²) in [7, 11) is 0. The summed E-state index contributed by atoms with van der Waals surface area (Å²) in [6.45, 7) is 5.47. The van der Waals surface area contributed by atoms with Crippen LogP contribution in [0.3, 0.4) is 0 Å². The minimum absolute atomic E-state index is 0.126. The van der Waals surface area contributed by atoms with E-state index in [0.29, 0.717) is 24.5 Å². The van der Waals surface area contributed by atoms with Crippen molar-refractivity contribution in [3.05, 3.63) is 42.1 Å². The second-order valence-electron chi connectivity index (χ2n) is 6.16. The number of hydrogen-bond donors (Lipinski definition) is 2. The third kappa shape index (κ3) is 3.65. The molecule has 2 heterocycles. The van der Waals surface area contributed by atoms with Gasteiger partial charge in [-0.15, -0.1) is 0 Å². The molecule has 1 aliphatic heterocycles. The molecule has 1 aliphatic rings. The molecular formula is C18H23N5O2.